The number of carbonyl (C=O) groups excluding carboxylic acids is 1. The number of hydrogen-bond acceptors (Lipinski definition) is 3. The van der Waals surface area contributed by atoms with Gasteiger partial charge in [-0.3, -0.25) is 4.79 Å². The molecule has 0 spiro atoms. The Balaban J connectivity index is 1.90. The van der Waals surface area contributed by atoms with Gasteiger partial charge in [-0.25, -0.2) is 9.18 Å². The predicted octanol–water partition coefficient (Wildman–Crippen LogP) is 2.18. The zero-order chi connectivity index (χ0) is 15.4. The van der Waals surface area contributed by atoms with Crippen molar-refractivity contribution in [3.05, 3.63) is 34.6 Å². The van der Waals surface area contributed by atoms with E-state index in [2.05, 4.69) is 0 Å². The van der Waals surface area contributed by atoms with Crippen LogP contribution in [0.5, 0.6) is 0 Å². The molecular weight excluding hydrogens is 301 g/mol. The maximum atomic E-state index is 13.1. The first-order chi connectivity index (χ1) is 9.97. The molecular formula is C14H15ClFNO4. The molecule has 1 N–H and O–H groups in total. The fourth-order valence-electron chi connectivity index (χ4n) is 2.23. The Morgan fingerprint density at radius 1 is 1.38 bits per heavy atom. The predicted molar refractivity (Wildman–Crippen MR) is 73.9 cm³/mol. The Hall–Kier alpha value is -1.66. The highest BCUT2D eigenvalue weighted by Gasteiger charge is 2.24. The Bertz CT molecular complexity index is 544. The number of carboxylic acids is 1. The molecule has 0 saturated carbocycles. The highest BCUT2D eigenvalue weighted by Crippen LogP contribution is 2.20. The maximum Gasteiger partial charge on any atom is 0.329 e. The van der Waals surface area contributed by atoms with E-state index >= 15 is 0 Å². The summed E-state index contributed by atoms with van der Waals surface area (Å²) in [7, 11) is 0. The standard InChI is InChI=1S/C14H15ClFNO4/c15-11-7-9(1-2-12(11)16)14(20)17-5-3-10(4-6-17)21-8-13(18)19/h1-2,7,10H,3-6,8H2,(H,18,19). The number of ether oxygens (including phenoxy) is 1. The summed E-state index contributed by atoms with van der Waals surface area (Å²) in [5.74, 6) is -1.78. The van der Waals surface area contributed by atoms with Crippen LogP contribution in [0.3, 0.4) is 0 Å². The number of amides is 1. The third kappa shape index (κ3) is 4.15. The van der Waals surface area contributed by atoms with E-state index in [4.69, 9.17) is 21.4 Å². The van der Waals surface area contributed by atoms with Crippen LogP contribution in [0.2, 0.25) is 5.02 Å². The minimum atomic E-state index is -1.01. The fraction of sp³-hybridized carbons (Fsp3) is 0.429. The topological polar surface area (TPSA) is 66.8 Å². The largest absolute Gasteiger partial charge is 0.480 e. The molecule has 1 saturated heterocycles. The lowest BCUT2D eigenvalue weighted by Crippen LogP contribution is -2.41. The molecule has 0 radical (unpaired) electrons. The van der Waals surface area contributed by atoms with Crippen molar-refractivity contribution >= 4 is 23.5 Å². The van der Waals surface area contributed by atoms with Gasteiger partial charge in [-0.05, 0) is 31.0 Å². The molecule has 21 heavy (non-hydrogen) atoms. The second-order valence-electron chi connectivity index (χ2n) is 4.83. The van der Waals surface area contributed by atoms with E-state index in [0.29, 0.717) is 31.5 Å². The summed E-state index contributed by atoms with van der Waals surface area (Å²) in [6.07, 6.45) is 1.00. The highest BCUT2D eigenvalue weighted by atomic mass is 35.5. The van der Waals surface area contributed by atoms with Crippen LogP contribution in [-0.4, -0.2) is 47.7 Å². The number of hydrogen-bond donors (Lipinski definition) is 1. The van der Waals surface area contributed by atoms with Crippen LogP contribution in [0, 0.1) is 5.82 Å². The van der Waals surface area contributed by atoms with Crippen molar-refractivity contribution in [1.29, 1.82) is 0 Å². The molecule has 1 aliphatic heterocycles. The summed E-state index contributed by atoms with van der Waals surface area (Å²) in [6, 6.07) is 3.88. The highest BCUT2D eigenvalue weighted by molar-refractivity contribution is 6.31. The van der Waals surface area contributed by atoms with Crippen molar-refractivity contribution in [2.45, 2.75) is 18.9 Å². The smallest absolute Gasteiger partial charge is 0.329 e. The number of carbonyl (C=O) groups is 2. The summed E-state index contributed by atoms with van der Waals surface area (Å²) in [4.78, 5) is 24.3. The van der Waals surface area contributed by atoms with Crippen molar-refractivity contribution in [3.63, 3.8) is 0 Å². The molecule has 1 fully saturated rings. The second kappa shape index (κ2) is 6.87. The van der Waals surface area contributed by atoms with Gasteiger partial charge in [-0.15, -0.1) is 0 Å². The first kappa shape index (κ1) is 15.7. The van der Waals surface area contributed by atoms with Crippen molar-refractivity contribution in [3.8, 4) is 0 Å². The third-order valence-corrected chi connectivity index (χ3v) is 3.63. The molecule has 1 aromatic rings. The van der Waals surface area contributed by atoms with Crippen molar-refractivity contribution in [2.24, 2.45) is 0 Å². The molecule has 0 bridgehead atoms. The normalized spacial score (nSPS) is 16.0. The molecule has 0 unspecified atom stereocenters. The van der Waals surface area contributed by atoms with Crippen LogP contribution >= 0.6 is 11.6 Å². The van der Waals surface area contributed by atoms with Crippen LogP contribution in [0.4, 0.5) is 4.39 Å². The first-order valence-electron chi connectivity index (χ1n) is 6.55. The van der Waals surface area contributed by atoms with E-state index in [0.717, 1.165) is 6.07 Å². The van der Waals surface area contributed by atoms with Crippen LogP contribution in [0.1, 0.15) is 23.2 Å². The molecule has 5 nitrogen and oxygen atoms in total. The number of nitrogens with zero attached hydrogens (tertiary/aromatic N) is 1. The molecule has 114 valence electrons. The van der Waals surface area contributed by atoms with Crippen molar-refractivity contribution in [1.82, 2.24) is 4.90 Å². The summed E-state index contributed by atoms with van der Waals surface area (Å²) in [6.45, 7) is 0.614. The molecule has 1 aromatic carbocycles. The SMILES string of the molecule is O=C(O)COC1CCN(C(=O)c2ccc(F)c(Cl)c2)CC1. The van der Waals surface area contributed by atoms with Gasteiger partial charge >= 0.3 is 5.97 Å². The number of rotatable bonds is 4. The van der Waals surface area contributed by atoms with Crippen LogP contribution < -0.4 is 0 Å². The minimum absolute atomic E-state index is 0.0828. The molecule has 2 rings (SSSR count). The number of benzene rings is 1. The van der Waals surface area contributed by atoms with E-state index in [9.17, 15) is 14.0 Å². The number of piperidine rings is 1. The molecule has 7 heteroatoms. The summed E-state index contributed by atoms with van der Waals surface area (Å²) in [5.41, 5.74) is 0.339. The average Bonchev–Trinajstić information content (AvgIpc) is 2.48. The third-order valence-electron chi connectivity index (χ3n) is 3.34. The van der Waals surface area contributed by atoms with Gasteiger partial charge in [-0.2, -0.15) is 0 Å². The van der Waals surface area contributed by atoms with E-state index in [1.807, 2.05) is 0 Å². The van der Waals surface area contributed by atoms with Gasteiger partial charge in [0.25, 0.3) is 5.91 Å². The lowest BCUT2D eigenvalue weighted by atomic mass is 10.1. The van der Waals surface area contributed by atoms with Gasteiger partial charge in [0.1, 0.15) is 12.4 Å². The molecule has 1 aliphatic rings. The number of likely N-dealkylation sites (tertiary alicyclic amines) is 1. The van der Waals surface area contributed by atoms with Gasteiger partial charge in [0, 0.05) is 18.7 Å². The van der Waals surface area contributed by atoms with Crippen LogP contribution in [0.15, 0.2) is 18.2 Å². The lowest BCUT2D eigenvalue weighted by Gasteiger charge is -2.31. The lowest BCUT2D eigenvalue weighted by molar-refractivity contribution is -0.145. The van der Waals surface area contributed by atoms with Gasteiger partial charge in [-0.1, -0.05) is 11.6 Å². The Kier molecular flexibility index (Phi) is 5.14. The number of halogens is 2. The zero-order valence-corrected chi connectivity index (χ0v) is 12.0. The fourth-order valence-corrected chi connectivity index (χ4v) is 2.41. The van der Waals surface area contributed by atoms with Gasteiger partial charge in [0.05, 0.1) is 11.1 Å². The summed E-state index contributed by atoms with van der Waals surface area (Å²) >= 11 is 5.67. The average molecular weight is 316 g/mol. The Morgan fingerprint density at radius 2 is 2.05 bits per heavy atom. The monoisotopic (exact) mass is 315 g/mol. The van der Waals surface area contributed by atoms with Gasteiger partial charge in [0.15, 0.2) is 0 Å². The van der Waals surface area contributed by atoms with E-state index in [1.165, 1.54) is 12.1 Å². The van der Waals surface area contributed by atoms with E-state index in [-0.39, 0.29) is 23.6 Å². The van der Waals surface area contributed by atoms with Gasteiger partial charge < -0.3 is 14.7 Å². The summed E-state index contributed by atoms with van der Waals surface area (Å²) in [5, 5.41) is 8.47. The molecule has 1 amide bonds. The van der Waals surface area contributed by atoms with E-state index in [1.54, 1.807) is 4.90 Å². The maximum absolute atomic E-state index is 13.1. The summed E-state index contributed by atoms with van der Waals surface area (Å²) < 4.78 is 18.3. The quantitative estimate of drug-likeness (QED) is 0.925. The molecule has 1 heterocycles. The molecule has 0 aliphatic carbocycles. The van der Waals surface area contributed by atoms with Crippen molar-refractivity contribution < 1.29 is 23.8 Å². The molecule has 0 atom stereocenters. The number of carboxylic acid groups (broad SMARTS) is 1. The van der Waals surface area contributed by atoms with Crippen molar-refractivity contribution in [2.75, 3.05) is 19.7 Å². The van der Waals surface area contributed by atoms with Gasteiger partial charge in [0.2, 0.25) is 0 Å². The minimum Gasteiger partial charge on any atom is -0.480 e. The van der Waals surface area contributed by atoms with Crippen LogP contribution in [0.25, 0.3) is 0 Å². The first-order valence-corrected chi connectivity index (χ1v) is 6.93. The molecule has 0 aromatic heterocycles. The second-order valence-corrected chi connectivity index (χ2v) is 5.23. The van der Waals surface area contributed by atoms with E-state index < -0.39 is 11.8 Å². The zero-order valence-electron chi connectivity index (χ0n) is 11.2. The van der Waals surface area contributed by atoms with Crippen LogP contribution in [-0.2, 0) is 9.53 Å². The Morgan fingerprint density at radius 3 is 2.62 bits per heavy atom. The number of aliphatic carboxylic acids is 1. The Labute approximate surface area is 126 Å².